The number of H-pyrrole nitrogens is 2. The monoisotopic (exact) mass is 300 g/mol. The van der Waals surface area contributed by atoms with Crippen molar-refractivity contribution in [3.8, 4) is 11.3 Å². The van der Waals surface area contributed by atoms with Crippen LogP contribution in [0.1, 0.15) is 44.4 Å². The molecule has 1 aliphatic carbocycles. The molecule has 116 valence electrons. The standard InChI is InChI=1S/C16H20N4O2/c1-8-9(10-5-12(10)16(2,3)4)6-13(20-19-8)11-7-17-15(22)18-14(11)21/h6-7,10,12H,5H2,1-4H3,(H2,17,18,21,22). The summed E-state index contributed by atoms with van der Waals surface area (Å²) in [5, 5.41) is 8.31. The van der Waals surface area contributed by atoms with Crippen LogP contribution in [-0.4, -0.2) is 20.2 Å². The third-order valence-electron chi connectivity index (χ3n) is 4.42. The van der Waals surface area contributed by atoms with Gasteiger partial charge in [-0.15, -0.1) is 5.10 Å². The minimum Gasteiger partial charge on any atom is -0.313 e. The quantitative estimate of drug-likeness (QED) is 0.887. The van der Waals surface area contributed by atoms with Gasteiger partial charge in [-0.1, -0.05) is 20.8 Å². The van der Waals surface area contributed by atoms with Gasteiger partial charge in [0.25, 0.3) is 5.56 Å². The zero-order valence-corrected chi connectivity index (χ0v) is 13.2. The Morgan fingerprint density at radius 1 is 1.23 bits per heavy atom. The predicted octanol–water partition coefficient (Wildman–Crippen LogP) is 1.98. The van der Waals surface area contributed by atoms with E-state index in [1.54, 1.807) is 0 Å². The van der Waals surface area contributed by atoms with Gasteiger partial charge in [0, 0.05) is 6.20 Å². The average molecular weight is 300 g/mol. The van der Waals surface area contributed by atoms with E-state index in [0.29, 0.717) is 23.1 Å². The minimum atomic E-state index is -0.524. The lowest BCUT2D eigenvalue weighted by atomic mass is 9.87. The molecular weight excluding hydrogens is 280 g/mol. The number of aromatic amines is 2. The maximum atomic E-state index is 11.9. The van der Waals surface area contributed by atoms with Crippen LogP contribution in [0.3, 0.4) is 0 Å². The molecule has 6 heteroatoms. The molecule has 1 aliphatic rings. The van der Waals surface area contributed by atoms with Crippen molar-refractivity contribution in [2.24, 2.45) is 11.3 Å². The topological polar surface area (TPSA) is 91.5 Å². The molecule has 0 radical (unpaired) electrons. The molecule has 1 fully saturated rings. The molecule has 0 aliphatic heterocycles. The highest BCUT2D eigenvalue weighted by Crippen LogP contribution is 2.57. The summed E-state index contributed by atoms with van der Waals surface area (Å²) in [6, 6.07) is 1.93. The van der Waals surface area contributed by atoms with Crippen molar-refractivity contribution >= 4 is 0 Å². The van der Waals surface area contributed by atoms with E-state index in [2.05, 4.69) is 40.9 Å². The fourth-order valence-electron chi connectivity index (χ4n) is 3.07. The number of aryl methyl sites for hydroxylation is 1. The van der Waals surface area contributed by atoms with E-state index >= 15 is 0 Å². The molecular formula is C16H20N4O2. The van der Waals surface area contributed by atoms with E-state index in [4.69, 9.17) is 0 Å². The third kappa shape index (κ3) is 2.61. The van der Waals surface area contributed by atoms with Gasteiger partial charge in [0.2, 0.25) is 0 Å². The number of hydrogen-bond donors (Lipinski definition) is 2. The number of aromatic nitrogens is 4. The van der Waals surface area contributed by atoms with Crippen LogP contribution in [-0.2, 0) is 0 Å². The molecule has 22 heavy (non-hydrogen) atoms. The smallest absolute Gasteiger partial charge is 0.313 e. The van der Waals surface area contributed by atoms with Crippen molar-refractivity contribution in [2.75, 3.05) is 0 Å². The van der Waals surface area contributed by atoms with Crippen LogP contribution < -0.4 is 11.2 Å². The highest BCUT2D eigenvalue weighted by molar-refractivity contribution is 5.57. The fraction of sp³-hybridized carbons (Fsp3) is 0.500. The summed E-state index contributed by atoms with van der Waals surface area (Å²) >= 11 is 0. The van der Waals surface area contributed by atoms with Crippen LogP contribution in [0.25, 0.3) is 11.3 Å². The molecule has 2 unspecified atom stereocenters. The SMILES string of the molecule is Cc1nnc(-c2c[nH]c(=O)[nH]c2=O)cc1C1CC1C(C)(C)C. The molecule has 0 amide bonds. The minimum absolute atomic E-state index is 0.260. The van der Waals surface area contributed by atoms with Gasteiger partial charge in [0.05, 0.1) is 11.3 Å². The summed E-state index contributed by atoms with van der Waals surface area (Å²) < 4.78 is 0. The lowest BCUT2D eigenvalue weighted by Gasteiger charge is -2.18. The summed E-state index contributed by atoms with van der Waals surface area (Å²) in [4.78, 5) is 27.7. The van der Waals surface area contributed by atoms with Gasteiger partial charge in [-0.3, -0.25) is 9.78 Å². The second-order valence-electron chi connectivity index (χ2n) is 7.07. The van der Waals surface area contributed by atoms with E-state index in [1.807, 2.05) is 13.0 Å². The molecule has 3 rings (SSSR count). The van der Waals surface area contributed by atoms with Crippen LogP contribution >= 0.6 is 0 Å². The first-order valence-electron chi connectivity index (χ1n) is 7.44. The van der Waals surface area contributed by atoms with Gasteiger partial charge in [-0.05, 0) is 42.2 Å². The first-order chi connectivity index (χ1) is 10.3. The second-order valence-corrected chi connectivity index (χ2v) is 7.07. The Balaban J connectivity index is 2.01. The van der Waals surface area contributed by atoms with Crippen LogP contribution in [0.4, 0.5) is 0 Å². The summed E-state index contributed by atoms with van der Waals surface area (Å²) in [7, 11) is 0. The summed E-state index contributed by atoms with van der Waals surface area (Å²) in [6.07, 6.45) is 2.52. The average Bonchev–Trinajstić information content (AvgIpc) is 3.20. The van der Waals surface area contributed by atoms with Crippen LogP contribution in [0.2, 0.25) is 0 Å². The molecule has 0 spiro atoms. The van der Waals surface area contributed by atoms with E-state index in [0.717, 1.165) is 17.7 Å². The van der Waals surface area contributed by atoms with Gasteiger partial charge >= 0.3 is 5.69 Å². The largest absolute Gasteiger partial charge is 0.325 e. The van der Waals surface area contributed by atoms with Gasteiger partial charge in [-0.25, -0.2) is 4.79 Å². The van der Waals surface area contributed by atoms with E-state index in [-0.39, 0.29) is 5.41 Å². The normalized spacial score (nSPS) is 20.9. The van der Waals surface area contributed by atoms with Crippen molar-refractivity contribution in [3.05, 3.63) is 44.4 Å². The van der Waals surface area contributed by atoms with Crippen molar-refractivity contribution in [2.45, 2.75) is 40.0 Å². The predicted molar refractivity (Wildman–Crippen MR) is 83.7 cm³/mol. The maximum Gasteiger partial charge on any atom is 0.325 e. The first kappa shape index (κ1) is 14.7. The molecule has 2 aromatic rings. The molecule has 0 aromatic carbocycles. The second kappa shape index (κ2) is 4.90. The molecule has 0 bridgehead atoms. The highest BCUT2D eigenvalue weighted by atomic mass is 16.2. The van der Waals surface area contributed by atoms with Gasteiger partial charge < -0.3 is 4.98 Å². The lowest BCUT2D eigenvalue weighted by molar-refractivity contribution is 0.343. The van der Waals surface area contributed by atoms with Gasteiger partial charge in [0.15, 0.2) is 0 Å². The zero-order chi connectivity index (χ0) is 16.1. The molecule has 1 saturated carbocycles. The zero-order valence-electron chi connectivity index (χ0n) is 13.2. The number of nitrogens with one attached hydrogen (secondary N) is 2. The van der Waals surface area contributed by atoms with Crippen LogP contribution in [0.15, 0.2) is 21.9 Å². The number of hydrogen-bond acceptors (Lipinski definition) is 4. The molecule has 0 saturated heterocycles. The van der Waals surface area contributed by atoms with E-state index < -0.39 is 11.2 Å². The Morgan fingerprint density at radius 2 is 1.95 bits per heavy atom. The number of rotatable bonds is 2. The number of nitrogens with zero attached hydrogens (tertiary/aromatic N) is 2. The maximum absolute atomic E-state index is 11.9. The van der Waals surface area contributed by atoms with Crippen LogP contribution in [0.5, 0.6) is 0 Å². The van der Waals surface area contributed by atoms with Gasteiger partial charge in [0.1, 0.15) is 5.69 Å². The van der Waals surface area contributed by atoms with Gasteiger partial charge in [-0.2, -0.15) is 5.10 Å². The Bertz CT molecular complexity index is 829. The summed E-state index contributed by atoms with van der Waals surface area (Å²) in [5.74, 6) is 1.09. The van der Waals surface area contributed by atoms with Crippen molar-refractivity contribution < 1.29 is 0 Å². The third-order valence-corrected chi connectivity index (χ3v) is 4.42. The van der Waals surface area contributed by atoms with Crippen molar-refractivity contribution in [3.63, 3.8) is 0 Å². The summed E-state index contributed by atoms with van der Waals surface area (Å²) in [6.45, 7) is 8.68. The molecule has 6 nitrogen and oxygen atoms in total. The molecule has 2 atom stereocenters. The molecule has 2 N–H and O–H groups in total. The van der Waals surface area contributed by atoms with E-state index in [1.165, 1.54) is 6.20 Å². The Hall–Kier alpha value is -2.24. The van der Waals surface area contributed by atoms with E-state index in [9.17, 15) is 9.59 Å². The van der Waals surface area contributed by atoms with Crippen LogP contribution in [0, 0.1) is 18.3 Å². The fourth-order valence-corrected chi connectivity index (χ4v) is 3.07. The molecule has 2 heterocycles. The highest BCUT2D eigenvalue weighted by Gasteiger charge is 2.46. The molecule has 2 aromatic heterocycles. The Kier molecular flexibility index (Phi) is 3.27. The first-order valence-corrected chi connectivity index (χ1v) is 7.44. The van der Waals surface area contributed by atoms with Crippen molar-refractivity contribution in [1.29, 1.82) is 0 Å². The van der Waals surface area contributed by atoms with Crippen molar-refractivity contribution in [1.82, 2.24) is 20.2 Å². The lowest BCUT2D eigenvalue weighted by Crippen LogP contribution is -2.23. The summed E-state index contributed by atoms with van der Waals surface area (Å²) in [5.41, 5.74) is 2.17. The Labute approximate surface area is 128 Å². The Morgan fingerprint density at radius 3 is 2.55 bits per heavy atom.